The highest BCUT2D eigenvalue weighted by molar-refractivity contribution is 6.07. The van der Waals surface area contributed by atoms with E-state index in [1.807, 2.05) is 13.8 Å². The Bertz CT molecular complexity index is 1740. The predicted octanol–water partition coefficient (Wildman–Crippen LogP) is 4.01. The second kappa shape index (κ2) is 8.60. The van der Waals surface area contributed by atoms with E-state index in [4.69, 9.17) is 8.83 Å². The summed E-state index contributed by atoms with van der Waals surface area (Å²) in [4.78, 5) is 40.6. The molecule has 1 atom stereocenters. The fourth-order valence-corrected chi connectivity index (χ4v) is 4.84. The van der Waals surface area contributed by atoms with Crippen molar-refractivity contribution in [3.8, 4) is 5.75 Å². The van der Waals surface area contributed by atoms with Gasteiger partial charge in [-0.05, 0) is 67.3 Å². The van der Waals surface area contributed by atoms with Crippen LogP contribution in [0.1, 0.15) is 27.8 Å². The zero-order valence-electron chi connectivity index (χ0n) is 19.9. The maximum absolute atomic E-state index is 12.9. The first-order valence-electron chi connectivity index (χ1n) is 11.4. The van der Waals surface area contributed by atoms with Gasteiger partial charge >= 0.3 is 11.6 Å². The number of rotatable bonds is 6. The molecule has 5 rings (SSSR count). The molecule has 9 nitrogen and oxygen atoms in total. The monoisotopic (exact) mass is 488 g/mol. The minimum atomic E-state index is -1.24. The number of nitrogens with one attached hydrogen (secondary N) is 2. The zero-order valence-corrected chi connectivity index (χ0v) is 19.9. The molecule has 0 saturated carbocycles. The number of carboxylic acids is 1. The molecule has 0 unspecified atom stereocenters. The molecule has 9 heteroatoms. The van der Waals surface area contributed by atoms with Gasteiger partial charge in [0.15, 0.2) is 0 Å². The summed E-state index contributed by atoms with van der Waals surface area (Å²) >= 11 is 0. The number of fused-ring (bicyclic) bond motifs is 4. The fourth-order valence-electron chi connectivity index (χ4n) is 4.84. The maximum Gasteiger partial charge on any atom is 0.340 e. The van der Waals surface area contributed by atoms with Crippen molar-refractivity contribution in [3.63, 3.8) is 0 Å². The zero-order chi connectivity index (χ0) is 25.7. The highest BCUT2D eigenvalue weighted by Crippen LogP contribution is 2.34. The van der Waals surface area contributed by atoms with Gasteiger partial charge < -0.3 is 29.3 Å². The standard InChI is InChI=1S/C27H24N2O7/c1-12-6-21-24(25-23(12)13(2)11-35-25)14(3)17(27(34)36-21)9-22(31)29-20(26(32)33)7-15-10-28-19-5-4-16(30)8-18(15)19/h4-6,8,10-11,20,28,30H,7,9H2,1-3H3,(H,29,31)(H,32,33)/t20-/m0/s1. The second-order valence-electron chi connectivity index (χ2n) is 9.07. The van der Waals surface area contributed by atoms with Gasteiger partial charge in [0.2, 0.25) is 5.91 Å². The van der Waals surface area contributed by atoms with E-state index in [0.717, 1.165) is 22.0 Å². The van der Waals surface area contributed by atoms with E-state index in [9.17, 15) is 24.6 Å². The number of hydrogen-bond acceptors (Lipinski definition) is 6. The molecule has 5 aromatic rings. The number of furan rings is 1. The van der Waals surface area contributed by atoms with Gasteiger partial charge in [0.1, 0.15) is 23.0 Å². The Kier molecular flexibility index (Phi) is 5.55. The Morgan fingerprint density at radius 1 is 1.11 bits per heavy atom. The van der Waals surface area contributed by atoms with E-state index in [1.165, 1.54) is 12.1 Å². The van der Waals surface area contributed by atoms with Crippen LogP contribution in [0.2, 0.25) is 0 Å². The van der Waals surface area contributed by atoms with Crippen LogP contribution >= 0.6 is 0 Å². The van der Waals surface area contributed by atoms with E-state index in [2.05, 4.69) is 10.3 Å². The van der Waals surface area contributed by atoms with Gasteiger partial charge in [0.05, 0.1) is 23.6 Å². The third kappa shape index (κ3) is 3.88. The molecule has 0 aliphatic carbocycles. The number of phenolic OH excluding ortho intramolecular Hbond substituents is 1. The van der Waals surface area contributed by atoms with Gasteiger partial charge in [-0.15, -0.1) is 0 Å². The summed E-state index contributed by atoms with van der Waals surface area (Å²) in [5, 5.41) is 24.2. The number of carboxylic acid groups (broad SMARTS) is 1. The van der Waals surface area contributed by atoms with Gasteiger partial charge in [-0.3, -0.25) is 4.79 Å². The normalized spacial score (nSPS) is 12.4. The molecule has 0 aliphatic rings. The van der Waals surface area contributed by atoms with Crippen molar-refractivity contribution >= 4 is 44.7 Å². The lowest BCUT2D eigenvalue weighted by Crippen LogP contribution is -2.43. The highest BCUT2D eigenvalue weighted by Gasteiger charge is 2.25. The van der Waals surface area contributed by atoms with Gasteiger partial charge in [-0.1, -0.05) is 0 Å². The maximum atomic E-state index is 12.9. The van der Waals surface area contributed by atoms with Crippen LogP contribution in [0.3, 0.4) is 0 Å². The first-order chi connectivity index (χ1) is 17.1. The minimum absolute atomic E-state index is 0.0125. The predicted molar refractivity (Wildman–Crippen MR) is 133 cm³/mol. The molecule has 0 radical (unpaired) electrons. The smallest absolute Gasteiger partial charge is 0.340 e. The van der Waals surface area contributed by atoms with Crippen molar-refractivity contribution in [1.82, 2.24) is 10.3 Å². The summed E-state index contributed by atoms with van der Waals surface area (Å²) in [6.45, 7) is 5.55. The summed E-state index contributed by atoms with van der Waals surface area (Å²) < 4.78 is 11.3. The molecular formula is C27H24N2O7. The Morgan fingerprint density at radius 2 is 1.89 bits per heavy atom. The van der Waals surface area contributed by atoms with E-state index in [-0.39, 0.29) is 24.2 Å². The molecule has 0 fully saturated rings. The van der Waals surface area contributed by atoms with Crippen molar-refractivity contribution in [2.45, 2.75) is 39.7 Å². The van der Waals surface area contributed by atoms with Crippen molar-refractivity contribution in [2.75, 3.05) is 0 Å². The summed E-state index contributed by atoms with van der Waals surface area (Å²) in [6.07, 6.45) is 2.92. The fraction of sp³-hybridized carbons (Fsp3) is 0.222. The lowest BCUT2D eigenvalue weighted by Gasteiger charge is -2.15. The van der Waals surface area contributed by atoms with Crippen LogP contribution in [0.15, 0.2) is 50.4 Å². The summed E-state index contributed by atoms with van der Waals surface area (Å²) in [5.41, 5.74) is 4.20. The molecular weight excluding hydrogens is 464 g/mol. The molecule has 184 valence electrons. The number of carbonyl (C=O) groups is 2. The first-order valence-corrected chi connectivity index (χ1v) is 11.4. The molecule has 1 amide bonds. The number of aromatic nitrogens is 1. The van der Waals surface area contributed by atoms with Crippen LogP contribution in [-0.4, -0.2) is 33.1 Å². The van der Waals surface area contributed by atoms with Crippen LogP contribution in [0, 0.1) is 20.8 Å². The van der Waals surface area contributed by atoms with Crippen LogP contribution in [-0.2, 0) is 22.4 Å². The topological polar surface area (TPSA) is 146 Å². The Morgan fingerprint density at radius 3 is 2.64 bits per heavy atom. The molecule has 36 heavy (non-hydrogen) atoms. The van der Waals surface area contributed by atoms with E-state index < -0.39 is 23.5 Å². The van der Waals surface area contributed by atoms with Gasteiger partial charge in [0, 0.05) is 28.9 Å². The third-order valence-electron chi connectivity index (χ3n) is 6.61. The van der Waals surface area contributed by atoms with Crippen LogP contribution in [0.25, 0.3) is 32.8 Å². The Balaban J connectivity index is 1.45. The summed E-state index contributed by atoms with van der Waals surface area (Å²) in [5.74, 6) is -1.80. The van der Waals surface area contributed by atoms with Gasteiger partial charge in [-0.25, -0.2) is 9.59 Å². The Hall–Kier alpha value is -4.53. The molecule has 2 aromatic carbocycles. The largest absolute Gasteiger partial charge is 0.508 e. The lowest BCUT2D eigenvalue weighted by atomic mass is 9.98. The van der Waals surface area contributed by atoms with Crippen molar-refractivity contribution in [2.24, 2.45) is 0 Å². The molecule has 4 N–H and O–H groups in total. The van der Waals surface area contributed by atoms with Crippen molar-refractivity contribution in [1.29, 1.82) is 0 Å². The second-order valence-corrected chi connectivity index (χ2v) is 9.07. The number of aliphatic carboxylic acids is 1. The molecule has 0 aliphatic heterocycles. The quantitative estimate of drug-likeness (QED) is 0.264. The van der Waals surface area contributed by atoms with Gasteiger partial charge in [0.25, 0.3) is 0 Å². The number of phenols is 1. The van der Waals surface area contributed by atoms with Crippen LogP contribution < -0.4 is 10.9 Å². The molecule has 0 spiro atoms. The van der Waals surface area contributed by atoms with E-state index >= 15 is 0 Å². The number of amides is 1. The number of aromatic hydroxyl groups is 1. The molecule has 3 heterocycles. The summed E-state index contributed by atoms with van der Waals surface area (Å²) in [6, 6.07) is 5.27. The number of carbonyl (C=O) groups excluding carboxylic acids is 1. The SMILES string of the molecule is Cc1coc2c1c(C)cc1oc(=O)c(CC(=O)N[C@@H](Cc3c[nH]c4ccc(O)cc34)C(=O)O)c(C)c12. The lowest BCUT2D eigenvalue weighted by molar-refractivity contribution is -0.141. The number of H-pyrrole nitrogens is 1. The minimum Gasteiger partial charge on any atom is -0.508 e. The van der Waals surface area contributed by atoms with Gasteiger partial charge in [-0.2, -0.15) is 0 Å². The molecule has 0 bridgehead atoms. The summed E-state index contributed by atoms with van der Waals surface area (Å²) in [7, 11) is 0. The van der Waals surface area contributed by atoms with E-state index in [1.54, 1.807) is 31.5 Å². The number of aryl methyl sites for hydroxylation is 3. The van der Waals surface area contributed by atoms with Crippen molar-refractivity contribution in [3.05, 3.63) is 75.0 Å². The Labute approximate surface area is 204 Å². The molecule has 3 aromatic heterocycles. The number of hydrogen-bond donors (Lipinski definition) is 4. The van der Waals surface area contributed by atoms with E-state index in [0.29, 0.717) is 33.1 Å². The highest BCUT2D eigenvalue weighted by atomic mass is 16.4. The number of benzene rings is 2. The van der Waals surface area contributed by atoms with Crippen LogP contribution in [0.5, 0.6) is 5.75 Å². The molecule has 0 saturated heterocycles. The average Bonchev–Trinajstić information content (AvgIpc) is 3.39. The van der Waals surface area contributed by atoms with Crippen molar-refractivity contribution < 1.29 is 28.6 Å². The number of aromatic amines is 1. The average molecular weight is 488 g/mol. The van der Waals surface area contributed by atoms with Crippen LogP contribution in [0.4, 0.5) is 0 Å². The third-order valence-corrected chi connectivity index (χ3v) is 6.61. The first kappa shape index (κ1) is 23.2.